The highest BCUT2D eigenvalue weighted by molar-refractivity contribution is 5.48. The zero-order valence-electron chi connectivity index (χ0n) is 14.0. The smallest absolute Gasteiger partial charge is 0.122 e. The molecule has 0 unspecified atom stereocenters. The molecule has 2 aromatic rings. The van der Waals surface area contributed by atoms with Crippen molar-refractivity contribution in [2.45, 2.75) is 31.7 Å². The SMILES string of the molecule is COc1cc2c(cc1C)C[C@@H](N(C)C)C[C@@H]2c1ccccc1. The number of benzene rings is 2. The molecule has 0 aliphatic heterocycles. The molecule has 116 valence electrons. The van der Waals surface area contributed by atoms with Gasteiger partial charge in [-0.25, -0.2) is 0 Å². The van der Waals surface area contributed by atoms with E-state index in [9.17, 15) is 0 Å². The van der Waals surface area contributed by atoms with Crippen LogP contribution < -0.4 is 4.74 Å². The maximum absolute atomic E-state index is 5.56. The molecule has 0 saturated carbocycles. The van der Waals surface area contributed by atoms with E-state index in [1.807, 2.05) is 0 Å². The molecular weight excluding hydrogens is 270 g/mol. The van der Waals surface area contributed by atoms with Gasteiger partial charge < -0.3 is 9.64 Å². The van der Waals surface area contributed by atoms with Gasteiger partial charge in [-0.05, 0) is 62.2 Å². The quantitative estimate of drug-likeness (QED) is 0.848. The first-order valence-corrected chi connectivity index (χ1v) is 7.99. The van der Waals surface area contributed by atoms with E-state index in [-0.39, 0.29) is 0 Å². The van der Waals surface area contributed by atoms with Gasteiger partial charge in [0.15, 0.2) is 0 Å². The van der Waals surface area contributed by atoms with Crippen molar-refractivity contribution in [2.75, 3.05) is 21.2 Å². The summed E-state index contributed by atoms with van der Waals surface area (Å²) in [5.74, 6) is 1.45. The summed E-state index contributed by atoms with van der Waals surface area (Å²) in [6, 6.07) is 16.0. The maximum atomic E-state index is 5.56. The lowest BCUT2D eigenvalue weighted by molar-refractivity contribution is 0.258. The van der Waals surface area contributed by atoms with E-state index in [1.54, 1.807) is 7.11 Å². The fourth-order valence-corrected chi connectivity index (χ4v) is 3.62. The predicted octanol–water partition coefficient (Wildman–Crippen LogP) is 4.01. The Bertz CT molecular complexity index is 648. The summed E-state index contributed by atoms with van der Waals surface area (Å²) in [6.07, 6.45) is 2.28. The van der Waals surface area contributed by atoms with E-state index < -0.39 is 0 Å². The summed E-state index contributed by atoms with van der Waals surface area (Å²) < 4.78 is 5.56. The molecule has 2 aromatic carbocycles. The van der Waals surface area contributed by atoms with Gasteiger partial charge >= 0.3 is 0 Å². The molecule has 0 fully saturated rings. The molecule has 2 atom stereocenters. The first-order valence-electron chi connectivity index (χ1n) is 7.99. The van der Waals surface area contributed by atoms with Crippen molar-refractivity contribution < 1.29 is 4.74 Å². The van der Waals surface area contributed by atoms with E-state index in [1.165, 1.54) is 22.3 Å². The number of methoxy groups -OCH3 is 1. The van der Waals surface area contributed by atoms with Gasteiger partial charge in [0.05, 0.1) is 7.11 Å². The molecule has 0 bridgehead atoms. The van der Waals surface area contributed by atoms with Gasteiger partial charge in [0.1, 0.15) is 5.75 Å². The van der Waals surface area contributed by atoms with Crippen molar-refractivity contribution in [3.8, 4) is 5.75 Å². The molecular formula is C20H25NO. The second-order valence-corrected chi connectivity index (χ2v) is 6.54. The molecule has 1 aliphatic carbocycles. The highest BCUT2D eigenvalue weighted by Crippen LogP contribution is 2.40. The zero-order chi connectivity index (χ0) is 15.7. The van der Waals surface area contributed by atoms with Crippen LogP contribution in [0.1, 0.15) is 34.6 Å². The second kappa shape index (κ2) is 6.13. The van der Waals surface area contributed by atoms with E-state index in [2.05, 4.69) is 68.4 Å². The second-order valence-electron chi connectivity index (χ2n) is 6.54. The molecule has 2 heteroatoms. The van der Waals surface area contributed by atoms with Crippen molar-refractivity contribution in [3.63, 3.8) is 0 Å². The standard InChI is InChI=1S/C20H25NO/c1-14-10-16-11-17(21(2)3)12-18(15-8-6-5-7-9-15)19(16)13-20(14)22-4/h5-10,13,17-18H,11-12H2,1-4H3/t17-,18-/m1/s1. The van der Waals surface area contributed by atoms with Crippen molar-refractivity contribution in [1.29, 1.82) is 0 Å². The Morgan fingerprint density at radius 3 is 2.45 bits per heavy atom. The number of likely N-dealkylation sites (N-methyl/N-ethyl adjacent to an activating group) is 1. The largest absolute Gasteiger partial charge is 0.496 e. The van der Waals surface area contributed by atoms with Gasteiger partial charge in [-0.1, -0.05) is 36.4 Å². The molecule has 3 rings (SSSR count). The van der Waals surface area contributed by atoms with Crippen LogP contribution in [-0.4, -0.2) is 32.1 Å². The van der Waals surface area contributed by atoms with Gasteiger partial charge in [0, 0.05) is 12.0 Å². The van der Waals surface area contributed by atoms with Crippen LogP contribution in [0.2, 0.25) is 0 Å². The molecule has 0 saturated heterocycles. The molecule has 0 amide bonds. The van der Waals surface area contributed by atoms with Crippen LogP contribution in [0.15, 0.2) is 42.5 Å². The van der Waals surface area contributed by atoms with Crippen molar-refractivity contribution >= 4 is 0 Å². The Labute approximate surface area is 133 Å². The summed E-state index contributed by atoms with van der Waals surface area (Å²) >= 11 is 0. The van der Waals surface area contributed by atoms with Gasteiger partial charge in [-0.3, -0.25) is 0 Å². The number of rotatable bonds is 3. The van der Waals surface area contributed by atoms with Gasteiger partial charge in [0.25, 0.3) is 0 Å². The minimum atomic E-state index is 0.451. The lowest BCUT2D eigenvalue weighted by Gasteiger charge is -2.36. The van der Waals surface area contributed by atoms with Crippen LogP contribution in [0.3, 0.4) is 0 Å². The summed E-state index contributed by atoms with van der Waals surface area (Å²) in [4.78, 5) is 2.36. The fraction of sp³-hybridized carbons (Fsp3) is 0.400. The van der Waals surface area contributed by atoms with Gasteiger partial charge in [-0.2, -0.15) is 0 Å². The minimum absolute atomic E-state index is 0.451. The normalized spacial score (nSPS) is 20.8. The number of hydrogen-bond donors (Lipinski definition) is 0. The van der Waals surface area contributed by atoms with Crippen LogP contribution in [0.25, 0.3) is 0 Å². The van der Waals surface area contributed by atoms with E-state index in [0.29, 0.717) is 12.0 Å². The third-order valence-electron chi connectivity index (χ3n) is 4.93. The lowest BCUT2D eigenvalue weighted by Crippen LogP contribution is -2.35. The summed E-state index contributed by atoms with van der Waals surface area (Å²) in [5.41, 5.74) is 5.54. The summed E-state index contributed by atoms with van der Waals surface area (Å²) in [6.45, 7) is 2.13. The van der Waals surface area contributed by atoms with E-state index >= 15 is 0 Å². The monoisotopic (exact) mass is 295 g/mol. The maximum Gasteiger partial charge on any atom is 0.122 e. The molecule has 0 N–H and O–H groups in total. The fourth-order valence-electron chi connectivity index (χ4n) is 3.62. The minimum Gasteiger partial charge on any atom is -0.496 e. The number of hydrogen-bond acceptors (Lipinski definition) is 2. The van der Waals surface area contributed by atoms with Crippen molar-refractivity contribution in [3.05, 3.63) is 64.7 Å². The Morgan fingerprint density at radius 2 is 1.82 bits per heavy atom. The number of fused-ring (bicyclic) bond motifs is 1. The number of ether oxygens (including phenoxy) is 1. The topological polar surface area (TPSA) is 12.5 Å². The van der Waals surface area contributed by atoms with Gasteiger partial charge in [-0.15, -0.1) is 0 Å². The van der Waals surface area contributed by atoms with Crippen LogP contribution >= 0.6 is 0 Å². The van der Waals surface area contributed by atoms with Crippen LogP contribution in [0.5, 0.6) is 5.75 Å². The third-order valence-corrected chi connectivity index (χ3v) is 4.93. The van der Waals surface area contributed by atoms with Crippen LogP contribution in [0.4, 0.5) is 0 Å². The Morgan fingerprint density at radius 1 is 1.09 bits per heavy atom. The van der Waals surface area contributed by atoms with Gasteiger partial charge in [0.2, 0.25) is 0 Å². The molecule has 22 heavy (non-hydrogen) atoms. The van der Waals surface area contributed by atoms with E-state index in [0.717, 1.165) is 18.6 Å². The molecule has 1 aliphatic rings. The summed E-state index contributed by atoms with van der Waals surface area (Å²) in [5, 5.41) is 0. The molecule has 2 nitrogen and oxygen atoms in total. The lowest BCUT2D eigenvalue weighted by atomic mass is 9.76. The average molecular weight is 295 g/mol. The highest BCUT2D eigenvalue weighted by Gasteiger charge is 2.30. The first kappa shape index (κ1) is 15.1. The number of nitrogens with zero attached hydrogens (tertiary/aromatic N) is 1. The zero-order valence-corrected chi connectivity index (χ0v) is 14.0. The highest BCUT2D eigenvalue weighted by atomic mass is 16.5. The van der Waals surface area contributed by atoms with E-state index in [4.69, 9.17) is 4.74 Å². The molecule has 0 radical (unpaired) electrons. The third kappa shape index (κ3) is 2.76. The van der Waals surface area contributed by atoms with Crippen LogP contribution in [-0.2, 0) is 6.42 Å². The summed E-state index contributed by atoms with van der Waals surface area (Å²) in [7, 11) is 6.14. The van der Waals surface area contributed by atoms with Crippen molar-refractivity contribution in [2.24, 2.45) is 0 Å². The Balaban J connectivity index is 2.10. The number of aryl methyl sites for hydroxylation is 1. The Kier molecular flexibility index (Phi) is 4.21. The first-order chi connectivity index (χ1) is 10.6. The van der Waals surface area contributed by atoms with Crippen LogP contribution in [0, 0.1) is 6.92 Å². The predicted molar refractivity (Wildman–Crippen MR) is 91.8 cm³/mol. The van der Waals surface area contributed by atoms with Crippen molar-refractivity contribution in [1.82, 2.24) is 4.90 Å². The molecule has 0 aromatic heterocycles. The molecule has 0 heterocycles. The average Bonchev–Trinajstić information content (AvgIpc) is 2.53. The molecule has 0 spiro atoms. The Hall–Kier alpha value is -1.80.